The summed E-state index contributed by atoms with van der Waals surface area (Å²) in [6, 6.07) is 26.9. The van der Waals surface area contributed by atoms with Crippen molar-refractivity contribution in [3.05, 3.63) is 147 Å². The molecule has 6 rings (SSSR count). The fraction of sp³-hybridized carbons (Fsp3) is 0.238. The quantitative estimate of drug-likeness (QED) is 0.0819. The van der Waals surface area contributed by atoms with E-state index in [0.717, 1.165) is 54.4 Å². The molecule has 5 aromatic rings. The van der Waals surface area contributed by atoms with Gasteiger partial charge < -0.3 is 23.8 Å². The van der Waals surface area contributed by atoms with Crippen molar-refractivity contribution in [3.63, 3.8) is 0 Å². The van der Waals surface area contributed by atoms with Crippen molar-refractivity contribution in [1.82, 2.24) is 14.8 Å². The molecule has 1 saturated heterocycles. The molecule has 2 heterocycles. The molecule has 0 aliphatic carbocycles. The van der Waals surface area contributed by atoms with Gasteiger partial charge in [-0.05, 0) is 102 Å². The van der Waals surface area contributed by atoms with Crippen molar-refractivity contribution in [2.75, 3.05) is 39.4 Å². The summed E-state index contributed by atoms with van der Waals surface area (Å²) in [7, 11) is 0. The summed E-state index contributed by atoms with van der Waals surface area (Å²) in [4.78, 5) is 21.5. The Bertz CT molecular complexity index is 2030. The number of halogens is 5. The number of amides is 1. The summed E-state index contributed by atoms with van der Waals surface area (Å²) in [5.41, 5.74) is 2.54. The minimum atomic E-state index is -4.39. The lowest BCUT2D eigenvalue weighted by Crippen LogP contribution is -2.47. The number of rotatable bonds is 14. The second-order valence-electron chi connectivity index (χ2n) is 12.8. The summed E-state index contributed by atoms with van der Waals surface area (Å²) in [6.07, 6.45) is 0.374. The van der Waals surface area contributed by atoms with E-state index in [1.165, 1.54) is 23.9 Å². The van der Waals surface area contributed by atoms with Crippen LogP contribution >= 0.6 is 23.2 Å². The van der Waals surface area contributed by atoms with Crippen LogP contribution in [0.25, 0.3) is 6.08 Å². The number of piperazine rings is 1. The number of pyridine rings is 1. The van der Waals surface area contributed by atoms with Crippen molar-refractivity contribution in [3.8, 4) is 28.9 Å². The first-order chi connectivity index (χ1) is 26.5. The Kier molecular flexibility index (Phi) is 13.2. The first-order valence-corrected chi connectivity index (χ1v) is 18.3. The lowest BCUT2D eigenvalue weighted by molar-refractivity contribution is -0.137. The predicted molar refractivity (Wildman–Crippen MR) is 206 cm³/mol. The molecule has 0 unspecified atom stereocenters. The van der Waals surface area contributed by atoms with E-state index in [2.05, 4.69) is 22.0 Å². The molecule has 0 atom stereocenters. The maximum atomic E-state index is 13.0. The maximum Gasteiger partial charge on any atom is 0.416 e. The molecule has 4 aromatic carbocycles. The highest BCUT2D eigenvalue weighted by molar-refractivity contribution is 6.32. The number of nitrogens with zero attached hydrogens (tertiary/aromatic N) is 3. The average Bonchev–Trinajstić information content (AvgIpc) is 3.18. The van der Waals surface area contributed by atoms with E-state index in [0.29, 0.717) is 53.4 Å². The van der Waals surface area contributed by atoms with Crippen LogP contribution < -0.4 is 18.9 Å². The van der Waals surface area contributed by atoms with Gasteiger partial charge in [0.25, 0.3) is 0 Å². The highest BCUT2D eigenvalue weighted by atomic mass is 35.5. The third-order valence-corrected chi connectivity index (χ3v) is 9.25. The summed E-state index contributed by atoms with van der Waals surface area (Å²) in [5.74, 6) is 2.58. The molecule has 0 bridgehead atoms. The Labute approximate surface area is 327 Å². The van der Waals surface area contributed by atoms with Crippen LogP contribution in [0.4, 0.5) is 13.2 Å². The molecule has 286 valence electrons. The number of alkyl halides is 3. The van der Waals surface area contributed by atoms with Crippen LogP contribution in [0.1, 0.15) is 27.8 Å². The maximum absolute atomic E-state index is 13.0. The van der Waals surface area contributed by atoms with Crippen molar-refractivity contribution < 1.29 is 36.9 Å². The van der Waals surface area contributed by atoms with Gasteiger partial charge in [-0.15, -0.1) is 0 Å². The molecular weight excluding hydrogens is 754 g/mol. The number of carbonyl (C=O) groups is 1. The molecule has 55 heavy (non-hydrogen) atoms. The summed E-state index contributed by atoms with van der Waals surface area (Å²) in [5, 5.41) is 1.02. The van der Waals surface area contributed by atoms with Gasteiger partial charge in [-0.3, -0.25) is 9.69 Å². The molecular formula is C42H38Cl2F3N3O5. The van der Waals surface area contributed by atoms with Crippen molar-refractivity contribution in [2.24, 2.45) is 0 Å². The predicted octanol–water partition coefficient (Wildman–Crippen LogP) is 9.90. The van der Waals surface area contributed by atoms with Crippen LogP contribution in [0.5, 0.6) is 28.9 Å². The van der Waals surface area contributed by atoms with E-state index >= 15 is 0 Å². The lowest BCUT2D eigenvalue weighted by atomic mass is 10.1. The van der Waals surface area contributed by atoms with Gasteiger partial charge in [0.05, 0.1) is 16.8 Å². The zero-order valence-corrected chi connectivity index (χ0v) is 31.4. The molecule has 1 amide bonds. The highest BCUT2D eigenvalue weighted by Crippen LogP contribution is 2.34. The molecule has 0 spiro atoms. The van der Waals surface area contributed by atoms with Gasteiger partial charge in [-0.2, -0.15) is 13.2 Å². The first-order valence-electron chi connectivity index (χ1n) is 17.5. The molecule has 1 aromatic heterocycles. The molecule has 0 N–H and O–H groups in total. The van der Waals surface area contributed by atoms with Crippen LogP contribution in [0, 0.1) is 6.92 Å². The third kappa shape index (κ3) is 11.6. The van der Waals surface area contributed by atoms with Gasteiger partial charge >= 0.3 is 6.18 Å². The van der Waals surface area contributed by atoms with Crippen molar-refractivity contribution in [1.29, 1.82) is 0 Å². The molecule has 1 aliphatic rings. The van der Waals surface area contributed by atoms with E-state index in [1.807, 2.05) is 42.2 Å². The molecule has 0 radical (unpaired) electrons. The molecule has 0 saturated carbocycles. The van der Waals surface area contributed by atoms with Gasteiger partial charge in [0.15, 0.2) is 5.75 Å². The number of aryl methyl sites for hydroxylation is 1. The number of hydrogen-bond donors (Lipinski definition) is 0. The average molecular weight is 793 g/mol. The number of hydrogen-bond acceptors (Lipinski definition) is 7. The van der Waals surface area contributed by atoms with Gasteiger partial charge in [0.1, 0.15) is 37.1 Å². The zero-order chi connectivity index (χ0) is 38.8. The zero-order valence-electron chi connectivity index (χ0n) is 29.9. The first kappa shape index (κ1) is 39.5. The lowest BCUT2D eigenvalue weighted by Gasteiger charge is -2.34. The Balaban J connectivity index is 0.916. The van der Waals surface area contributed by atoms with Crippen molar-refractivity contribution in [2.45, 2.75) is 26.3 Å². The van der Waals surface area contributed by atoms with Gasteiger partial charge in [0.2, 0.25) is 11.8 Å². The van der Waals surface area contributed by atoms with Crippen LogP contribution in [0.3, 0.4) is 0 Å². The van der Waals surface area contributed by atoms with Crippen LogP contribution in [0.15, 0.2) is 109 Å². The van der Waals surface area contributed by atoms with E-state index in [1.54, 1.807) is 42.5 Å². The van der Waals surface area contributed by atoms with Crippen LogP contribution in [-0.2, 0) is 24.1 Å². The van der Waals surface area contributed by atoms with Gasteiger partial charge in [0, 0.05) is 49.9 Å². The Hall–Kier alpha value is -5.23. The highest BCUT2D eigenvalue weighted by Gasteiger charge is 2.30. The molecule has 13 heteroatoms. The number of aromatic nitrogens is 1. The van der Waals surface area contributed by atoms with E-state index in [-0.39, 0.29) is 18.4 Å². The summed E-state index contributed by atoms with van der Waals surface area (Å²) in [6.45, 7) is 6.32. The van der Waals surface area contributed by atoms with Crippen LogP contribution in [-0.4, -0.2) is 60.1 Å². The Morgan fingerprint density at radius 2 is 1.40 bits per heavy atom. The number of benzene rings is 4. The number of ether oxygens (including phenoxy) is 4. The second kappa shape index (κ2) is 18.4. The van der Waals surface area contributed by atoms with E-state index < -0.39 is 11.7 Å². The second-order valence-corrected chi connectivity index (χ2v) is 13.6. The smallest absolute Gasteiger partial charge is 0.416 e. The molecule has 1 aliphatic heterocycles. The van der Waals surface area contributed by atoms with E-state index in [9.17, 15) is 18.0 Å². The fourth-order valence-electron chi connectivity index (χ4n) is 5.76. The van der Waals surface area contributed by atoms with Crippen LogP contribution in [0.2, 0.25) is 10.0 Å². The minimum Gasteiger partial charge on any atom is -0.490 e. The Morgan fingerprint density at radius 3 is 2.00 bits per heavy atom. The molecule has 8 nitrogen and oxygen atoms in total. The normalized spacial score (nSPS) is 13.5. The number of carbonyl (C=O) groups excluding carboxylic acids is 1. The monoisotopic (exact) mass is 791 g/mol. The fourth-order valence-corrected chi connectivity index (χ4v) is 6.19. The van der Waals surface area contributed by atoms with Gasteiger partial charge in [-0.1, -0.05) is 47.5 Å². The van der Waals surface area contributed by atoms with Crippen molar-refractivity contribution >= 4 is 35.2 Å². The third-order valence-electron chi connectivity index (χ3n) is 8.72. The summed E-state index contributed by atoms with van der Waals surface area (Å²) < 4.78 is 61.5. The van der Waals surface area contributed by atoms with Gasteiger partial charge in [-0.25, -0.2) is 4.98 Å². The Morgan fingerprint density at radius 1 is 0.782 bits per heavy atom. The summed E-state index contributed by atoms with van der Waals surface area (Å²) >= 11 is 12.5. The largest absolute Gasteiger partial charge is 0.490 e. The SMILES string of the molecule is Cc1cc(C=CC(=O)N2CCN(Cc3ccc(OCCOc4ccc(Cl)cc4)cc3)CC2)cc(Cl)c1Oc1ccc(OCc2ccc(C(F)(F)F)cc2)cn1. The molecule has 1 fully saturated rings. The van der Waals surface area contributed by atoms with E-state index in [4.69, 9.17) is 42.1 Å². The minimum absolute atomic E-state index is 0.0693. The topological polar surface area (TPSA) is 73.4 Å². The standard InChI is InChI=1S/C42H38Cl2F3N3O5/c1-29-24-32(25-38(44)41(29)55-39-16-15-37(26-48-39)54-28-31-2-7-33(8-3-31)42(45,46)47)6-17-40(51)50-20-18-49(19-21-50)27-30-4-11-35(12-5-30)52-22-23-53-36-13-9-34(43)10-14-36/h2-17,24-26H,18-23,27-28H2,1H3.